The number of aromatic nitrogens is 1. The van der Waals surface area contributed by atoms with Crippen LogP contribution in [0.4, 0.5) is 0 Å². The van der Waals surface area contributed by atoms with Crippen molar-refractivity contribution in [1.82, 2.24) is 4.98 Å². The third-order valence-electron chi connectivity index (χ3n) is 3.47. The molecular weight excluding hydrogens is 290 g/mol. The molecule has 1 nitrogen and oxygen atoms in total. The van der Waals surface area contributed by atoms with Crippen molar-refractivity contribution in [3.05, 3.63) is 35.1 Å². The van der Waals surface area contributed by atoms with Gasteiger partial charge in [0.15, 0.2) is 0 Å². The first-order valence-electron chi connectivity index (χ1n) is 6.36. The van der Waals surface area contributed by atoms with Gasteiger partial charge in [0.1, 0.15) is 5.15 Å². The van der Waals surface area contributed by atoms with Gasteiger partial charge in [-0.1, -0.05) is 48.9 Å². The quantitative estimate of drug-likeness (QED) is 0.457. The molecule has 2 heterocycles. The van der Waals surface area contributed by atoms with Gasteiger partial charge in [0.05, 0.1) is 12.8 Å². The summed E-state index contributed by atoms with van der Waals surface area (Å²) in [7, 11) is -1.38. The van der Waals surface area contributed by atoms with Crippen LogP contribution in [-0.4, -0.2) is 13.1 Å². The molecule has 0 saturated carbocycles. The summed E-state index contributed by atoms with van der Waals surface area (Å²) in [6, 6.07) is 6.54. The molecule has 0 amide bonds. The minimum Gasteiger partial charge on any atom is -0.243 e. The molecule has 0 fully saturated rings. The summed E-state index contributed by atoms with van der Waals surface area (Å²) in [5.41, 5.74) is 1.40. The summed E-state index contributed by atoms with van der Waals surface area (Å²) < 4.78 is 2.52. The van der Waals surface area contributed by atoms with E-state index in [4.69, 9.17) is 11.6 Å². The summed E-state index contributed by atoms with van der Waals surface area (Å²) >= 11 is 8.04. The average molecular weight is 306 g/mol. The fourth-order valence-corrected chi connectivity index (χ4v) is 7.37. The molecule has 98 valence electrons. The molecule has 19 heavy (non-hydrogen) atoms. The van der Waals surface area contributed by atoms with E-state index in [-0.39, 0.29) is 0 Å². The second kappa shape index (κ2) is 4.30. The Morgan fingerprint density at radius 3 is 2.42 bits per heavy atom. The molecule has 0 saturated heterocycles. The number of fused-ring (bicyclic) bond motifs is 3. The largest absolute Gasteiger partial charge is 0.243 e. The number of pyridine rings is 1. The molecule has 3 rings (SSSR count). The van der Waals surface area contributed by atoms with Crippen molar-refractivity contribution in [2.45, 2.75) is 26.6 Å². The fraction of sp³-hybridized carbons (Fsp3) is 0.267. The third-order valence-corrected chi connectivity index (χ3v) is 7.44. The number of hydrogen-bond donors (Lipinski definition) is 0. The van der Waals surface area contributed by atoms with Gasteiger partial charge in [-0.25, -0.2) is 4.98 Å². The Bertz CT molecular complexity index is 786. The second-order valence-electron chi connectivity index (χ2n) is 5.96. The number of benzene rings is 1. The zero-order valence-electron chi connectivity index (χ0n) is 11.5. The van der Waals surface area contributed by atoms with Crippen LogP contribution in [0, 0.1) is 6.92 Å². The highest BCUT2D eigenvalue weighted by Crippen LogP contribution is 2.37. The Balaban J connectivity index is 2.54. The number of halogens is 1. The van der Waals surface area contributed by atoms with Crippen molar-refractivity contribution in [2.75, 3.05) is 0 Å². The summed E-state index contributed by atoms with van der Waals surface area (Å²) in [6.45, 7) is 9.42. The van der Waals surface area contributed by atoms with Gasteiger partial charge in [0.2, 0.25) is 0 Å². The van der Waals surface area contributed by atoms with E-state index in [1.165, 1.54) is 21.0 Å². The lowest BCUT2D eigenvalue weighted by Gasteiger charge is -2.20. The Labute approximate surface area is 123 Å². The molecule has 0 radical (unpaired) electrons. The lowest BCUT2D eigenvalue weighted by molar-refractivity contribution is 1.37. The first-order valence-corrected chi connectivity index (χ1v) is 11.1. The van der Waals surface area contributed by atoms with E-state index in [1.54, 1.807) is 22.7 Å². The Morgan fingerprint density at radius 2 is 1.74 bits per heavy atom. The van der Waals surface area contributed by atoms with Crippen molar-refractivity contribution in [3.63, 3.8) is 0 Å². The van der Waals surface area contributed by atoms with Crippen LogP contribution in [0.1, 0.15) is 5.56 Å². The van der Waals surface area contributed by atoms with Crippen LogP contribution in [-0.2, 0) is 0 Å². The van der Waals surface area contributed by atoms with Gasteiger partial charge in [-0.15, -0.1) is 11.3 Å². The topological polar surface area (TPSA) is 12.9 Å². The maximum atomic E-state index is 6.25. The van der Waals surface area contributed by atoms with Crippen molar-refractivity contribution in [2.24, 2.45) is 0 Å². The van der Waals surface area contributed by atoms with Gasteiger partial charge in [0, 0.05) is 21.7 Å². The molecule has 0 aliphatic heterocycles. The van der Waals surface area contributed by atoms with Crippen LogP contribution in [0.5, 0.6) is 0 Å². The van der Waals surface area contributed by atoms with E-state index in [0.29, 0.717) is 5.15 Å². The maximum Gasteiger partial charge on any atom is 0.146 e. The lowest BCUT2D eigenvalue weighted by Crippen LogP contribution is -2.39. The zero-order valence-corrected chi connectivity index (χ0v) is 14.1. The normalized spacial score (nSPS) is 12.5. The number of rotatable bonds is 1. The van der Waals surface area contributed by atoms with Crippen molar-refractivity contribution < 1.29 is 0 Å². The average Bonchev–Trinajstić information content (AvgIpc) is 2.67. The SMILES string of the molecule is Cc1ccc2c(sc3c(Cl)nccc32)c1[Si](C)(C)C. The van der Waals surface area contributed by atoms with Crippen LogP contribution < -0.4 is 5.19 Å². The van der Waals surface area contributed by atoms with Gasteiger partial charge in [-0.3, -0.25) is 0 Å². The number of thiophene rings is 1. The highest BCUT2D eigenvalue weighted by molar-refractivity contribution is 7.28. The van der Waals surface area contributed by atoms with Crippen molar-refractivity contribution >= 4 is 56.4 Å². The van der Waals surface area contributed by atoms with Gasteiger partial charge in [0.25, 0.3) is 0 Å². The molecule has 0 unspecified atom stereocenters. The molecule has 0 N–H and O–H groups in total. The van der Waals surface area contributed by atoms with Gasteiger partial charge >= 0.3 is 0 Å². The predicted octanol–water partition coefficient (Wildman–Crippen LogP) is 4.96. The second-order valence-corrected chi connectivity index (χ2v) is 12.3. The van der Waals surface area contributed by atoms with Gasteiger partial charge in [-0.2, -0.15) is 0 Å². The van der Waals surface area contributed by atoms with Gasteiger partial charge < -0.3 is 0 Å². The van der Waals surface area contributed by atoms with E-state index in [9.17, 15) is 0 Å². The molecule has 0 bridgehead atoms. The molecule has 1 aromatic carbocycles. The number of hydrogen-bond acceptors (Lipinski definition) is 2. The molecule has 0 aliphatic rings. The zero-order chi connectivity index (χ0) is 13.8. The maximum absolute atomic E-state index is 6.25. The molecule has 0 spiro atoms. The van der Waals surface area contributed by atoms with E-state index in [2.05, 4.69) is 49.7 Å². The van der Waals surface area contributed by atoms with Gasteiger partial charge in [-0.05, 0) is 18.2 Å². The molecule has 4 heteroatoms. The third kappa shape index (κ3) is 2.00. The molecular formula is C15H16ClNSSi. The standard InChI is InChI=1S/C15H16ClNSSi/c1-9-5-6-10-11-7-8-17-15(16)13(11)18-12(10)14(9)19(2,3)4/h5-8H,1-4H3. The Hall–Kier alpha value is -0.903. The van der Waals surface area contributed by atoms with Crippen molar-refractivity contribution in [1.29, 1.82) is 0 Å². The van der Waals surface area contributed by atoms with Crippen LogP contribution in [0.2, 0.25) is 24.8 Å². The lowest BCUT2D eigenvalue weighted by atomic mass is 10.1. The first-order chi connectivity index (χ1) is 8.89. The van der Waals surface area contributed by atoms with Crippen LogP contribution >= 0.6 is 22.9 Å². The fourth-order valence-electron chi connectivity index (χ4n) is 2.77. The minimum atomic E-state index is -1.38. The highest BCUT2D eigenvalue weighted by Gasteiger charge is 2.23. The van der Waals surface area contributed by atoms with E-state index in [0.717, 1.165) is 4.70 Å². The monoisotopic (exact) mass is 305 g/mol. The molecule has 0 aliphatic carbocycles. The summed E-state index contributed by atoms with van der Waals surface area (Å²) in [6.07, 6.45) is 1.80. The highest BCUT2D eigenvalue weighted by atomic mass is 35.5. The summed E-state index contributed by atoms with van der Waals surface area (Å²) in [5.74, 6) is 0. The summed E-state index contributed by atoms with van der Waals surface area (Å²) in [4.78, 5) is 4.20. The van der Waals surface area contributed by atoms with Crippen LogP contribution in [0.15, 0.2) is 24.4 Å². The first kappa shape index (κ1) is 13.1. The molecule has 3 aromatic rings. The van der Waals surface area contributed by atoms with E-state index < -0.39 is 8.07 Å². The molecule has 2 aromatic heterocycles. The van der Waals surface area contributed by atoms with E-state index >= 15 is 0 Å². The number of aryl methyl sites for hydroxylation is 1. The van der Waals surface area contributed by atoms with Crippen molar-refractivity contribution in [3.8, 4) is 0 Å². The smallest absolute Gasteiger partial charge is 0.146 e. The Kier molecular flexibility index (Phi) is 2.96. The Morgan fingerprint density at radius 1 is 1.05 bits per heavy atom. The van der Waals surface area contributed by atoms with Crippen LogP contribution in [0.25, 0.3) is 20.2 Å². The minimum absolute atomic E-state index is 0.623. The number of nitrogens with zero attached hydrogens (tertiary/aromatic N) is 1. The molecule has 0 atom stereocenters. The van der Waals surface area contributed by atoms with Crippen LogP contribution in [0.3, 0.4) is 0 Å². The summed E-state index contributed by atoms with van der Waals surface area (Å²) in [5, 5.41) is 4.74. The predicted molar refractivity (Wildman–Crippen MR) is 89.9 cm³/mol. The van der Waals surface area contributed by atoms with E-state index in [1.807, 2.05) is 0 Å².